The number of para-hydroxylation sites is 2. The van der Waals surface area contributed by atoms with Crippen LogP contribution in [0.2, 0.25) is 0 Å². The van der Waals surface area contributed by atoms with Crippen molar-refractivity contribution in [2.24, 2.45) is 0 Å². The molecule has 1 saturated heterocycles. The molecule has 0 spiro atoms. The number of imidazole rings is 1. The average molecular weight is 341 g/mol. The lowest BCUT2D eigenvalue weighted by Gasteiger charge is -2.18. The molecule has 3 aromatic rings. The van der Waals surface area contributed by atoms with Gasteiger partial charge >= 0.3 is 0 Å². The molecule has 0 radical (unpaired) electrons. The van der Waals surface area contributed by atoms with Crippen molar-refractivity contribution in [1.29, 1.82) is 0 Å². The van der Waals surface area contributed by atoms with Gasteiger partial charge in [0.15, 0.2) is 0 Å². The van der Waals surface area contributed by atoms with E-state index in [1.807, 2.05) is 43.6 Å². The number of sulfonamides is 1. The number of benzene rings is 2. The van der Waals surface area contributed by atoms with Crippen LogP contribution in [0.3, 0.4) is 0 Å². The molecule has 1 fully saturated rings. The topological polar surface area (TPSA) is 55.2 Å². The standard InChI is InChI=1S/C18H19N3O2S/c1-14-5-4-6-16(11-14)24(22,23)20-10-9-15(12-20)21-13-19-17-7-2-3-8-18(17)21/h2-8,11,13,15H,9-10,12H2,1H3/t15-/m0/s1. The first-order valence-corrected chi connectivity index (χ1v) is 9.48. The molecule has 0 N–H and O–H groups in total. The van der Waals surface area contributed by atoms with Gasteiger partial charge in [0, 0.05) is 13.1 Å². The van der Waals surface area contributed by atoms with Crippen molar-refractivity contribution in [3.05, 3.63) is 60.4 Å². The predicted octanol–water partition coefficient (Wildman–Crippen LogP) is 2.98. The molecule has 0 bridgehead atoms. The molecule has 5 nitrogen and oxygen atoms in total. The van der Waals surface area contributed by atoms with Gasteiger partial charge in [-0.3, -0.25) is 0 Å². The smallest absolute Gasteiger partial charge is 0.243 e. The van der Waals surface area contributed by atoms with E-state index in [0.717, 1.165) is 23.0 Å². The van der Waals surface area contributed by atoms with E-state index in [0.29, 0.717) is 18.0 Å². The Hall–Kier alpha value is -2.18. The van der Waals surface area contributed by atoms with Crippen molar-refractivity contribution < 1.29 is 8.42 Å². The van der Waals surface area contributed by atoms with Gasteiger partial charge in [-0.1, -0.05) is 24.3 Å². The maximum Gasteiger partial charge on any atom is 0.243 e. The SMILES string of the molecule is Cc1cccc(S(=O)(=O)N2CC[C@H](n3cnc4ccccc43)C2)c1. The average Bonchev–Trinajstić information content (AvgIpc) is 3.21. The minimum Gasteiger partial charge on any atom is -0.326 e. The summed E-state index contributed by atoms with van der Waals surface area (Å²) in [6.07, 6.45) is 2.61. The summed E-state index contributed by atoms with van der Waals surface area (Å²) in [6.45, 7) is 2.92. The van der Waals surface area contributed by atoms with Crippen LogP contribution in [0.4, 0.5) is 0 Å². The number of fused-ring (bicyclic) bond motifs is 1. The van der Waals surface area contributed by atoms with Crippen LogP contribution in [-0.4, -0.2) is 35.4 Å². The molecule has 2 aromatic carbocycles. The fourth-order valence-electron chi connectivity index (χ4n) is 3.35. The molecule has 1 aliphatic heterocycles. The van der Waals surface area contributed by atoms with Crippen molar-refractivity contribution in [3.63, 3.8) is 0 Å². The van der Waals surface area contributed by atoms with Gasteiger partial charge in [-0.15, -0.1) is 0 Å². The number of aryl methyl sites for hydroxylation is 1. The fraction of sp³-hybridized carbons (Fsp3) is 0.278. The van der Waals surface area contributed by atoms with Gasteiger partial charge in [-0.2, -0.15) is 4.31 Å². The maximum absolute atomic E-state index is 12.9. The zero-order valence-electron chi connectivity index (χ0n) is 13.5. The van der Waals surface area contributed by atoms with Gasteiger partial charge in [0.1, 0.15) is 0 Å². The van der Waals surface area contributed by atoms with Crippen molar-refractivity contribution in [2.75, 3.05) is 13.1 Å². The minimum absolute atomic E-state index is 0.122. The highest BCUT2D eigenvalue weighted by Crippen LogP contribution is 2.29. The first-order valence-electron chi connectivity index (χ1n) is 8.04. The number of hydrogen-bond acceptors (Lipinski definition) is 3. The van der Waals surface area contributed by atoms with Crippen molar-refractivity contribution in [3.8, 4) is 0 Å². The fourth-order valence-corrected chi connectivity index (χ4v) is 4.95. The molecule has 1 aromatic heterocycles. The van der Waals surface area contributed by atoms with Gasteiger partial charge in [0.25, 0.3) is 0 Å². The molecule has 0 unspecified atom stereocenters. The largest absolute Gasteiger partial charge is 0.326 e. The monoisotopic (exact) mass is 341 g/mol. The van der Waals surface area contributed by atoms with E-state index >= 15 is 0 Å². The maximum atomic E-state index is 12.9. The van der Waals surface area contributed by atoms with Crippen LogP contribution in [0.5, 0.6) is 0 Å². The van der Waals surface area contributed by atoms with Crippen LogP contribution >= 0.6 is 0 Å². The third-order valence-corrected chi connectivity index (χ3v) is 6.49. The molecular formula is C18H19N3O2S. The Morgan fingerprint density at radius 2 is 1.96 bits per heavy atom. The van der Waals surface area contributed by atoms with Crippen molar-refractivity contribution >= 4 is 21.1 Å². The van der Waals surface area contributed by atoms with E-state index < -0.39 is 10.0 Å². The van der Waals surface area contributed by atoms with E-state index in [-0.39, 0.29) is 6.04 Å². The summed E-state index contributed by atoms with van der Waals surface area (Å²) >= 11 is 0. The summed E-state index contributed by atoms with van der Waals surface area (Å²) in [4.78, 5) is 4.79. The second-order valence-electron chi connectivity index (χ2n) is 6.26. The van der Waals surface area contributed by atoms with Gasteiger partial charge in [0.05, 0.1) is 28.3 Å². The minimum atomic E-state index is -3.44. The zero-order chi connectivity index (χ0) is 16.7. The van der Waals surface area contributed by atoms with Gasteiger partial charge in [0.2, 0.25) is 10.0 Å². The molecule has 4 rings (SSSR count). The zero-order valence-corrected chi connectivity index (χ0v) is 14.3. The second-order valence-corrected chi connectivity index (χ2v) is 8.20. The first kappa shape index (κ1) is 15.4. The highest BCUT2D eigenvalue weighted by molar-refractivity contribution is 7.89. The predicted molar refractivity (Wildman–Crippen MR) is 93.3 cm³/mol. The third kappa shape index (κ3) is 2.52. The second kappa shape index (κ2) is 5.72. The Balaban J connectivity index is 1.62. The van der Waals surface area contributed by atoms with Crippen LogP contribution in [0.1, 0.15) is 18.0 Å². The Morgan fingerprint density at radius 3 is 2.79 bits per heavy atom. The summed E-state index contributed by atoms with van der Waals surface area (Å²) in [7, 11) is -3.44. The normalized spacial score (nSPS) is 19.1. The molecule has 124 valence electrons. The summed E-state index contributed by atoms with van der Waals surface area (Å²) in [5, 5.41) is 0. The molecule has 0 saturated carbocycles. The van der Waals surface area contributed by atoms with Crippen LogP contribution in [0.15, 0.2) is 59.8 Å². The van der Waals surface area contributed by atoms with Crippen LogP contribution in [0, 0.1) is 6.92 Å². The Bertz CT molecular complexity index is 994. The molecule has 6 heteroatoms. The van der Waals surface area contributed by atoms with E-state index in [2.05, 4.69) is 9.55 Å². The quantitative estimate of drug-likeness (QED) is 0.736. The summed E-state index contributed by atoms with van der Waals surface area (Å²) in [5.41, 5.74) is 2.95. The molecule has 24 heavy (non-hydrogen) atoms. The van der Waals surface area contributed by atoms with E-state index in [1.165, 1.54) is 0 Å². The first-order chi connectivity index (χ1) is 11.6. The van der Waals surface area contributed by atoms with Crippen molar-refractivity contribution in [1.82, 2.24) is 13.9 Å². The highest BCUT2D eigenvalue weighted by atomic mass is 32.2. The third-order valence-electron chi connectivity index (χ3n) is 4.63. The number of nitrogens with zero attached hydrogens (tertiary/aromatic N) is 3. The summed E-state index contributed by atoms with van der Waals surface area (Å²) in [6, 6.07) is 15.2. The molecule has 1 atom stereocenters. The van der Waals surface area contributed by atoms with Gasteiger partial charge in [-0.05, 0) is 43.2 Å². The van der Waals surface area contributed by atoms with Crippen LogP contribution < -0.4 is 0 Å². The molecule has 2 heterocycles. The lowest BCUT2D eigenvalue weighted by atomic mass is 10.2. The summed E-state index contributed by atoms with van der Waals surface area (Å²) < 4.78 is 29.4. The lowest BCUT2D eigenvalue weighted by Crippen LogP contribution is -2.29. The van der Waals surface area contributed by atoms with Crippen LogP contribution in [-0.2, 0) is 10.0 Å². The van der Waals surface area contributed by atoms with Gasteiger partial charge < -0.3 is 4.57 Å². The lowest BCUT2D eigenvalue weighted by molar-refractivity contribution is 0.455. The Kier molecular flexibility index (Phi) is 3.66. The van der Waals surface area contributed by atoms with E-state index in [9.17, 15) is 8.42 Å². The molecule has 0 aliphatic carbocycles. The van der Waals surface area contributed by atoms with E-state index in [4.69, 9.17) is 0 Å². The van der Waals surface area contributed by atoms with E-state index in [1.54, 1.807) is 22.5 Å². The van der Waals surface area contributed by atoms with Crippen molar-refractivity contribution in [2.45, 2.75) is 24.3 Å². The Labute approximate surface area is 141 Å². The Morgan fingerprint density at radius 1 is 1.12 bits per heavy atom. The van der Waals surface area contributed by atoms with Gasteiger partial charge in [-0.25, -0.2) is 13.4 Å². The highest BCUT2D eigenvalue weighted by Gasteiger charge is 2.33. The number of hydrogen-bond donors (Lipinski definition) is 0. The number of aromatic nitrogens is 2. The molecule has 1 aliphatic rings. The van der Waals surface area contributed by atoms with Crippen LogP contribution in [0.25, 0.3) is 11.0 Å². The molecule has 0 amide bonds. The number of rotatable bonds is 3. The molecular weight excluding hydrogens is 322 g/mol. The summed E-state index contributed by atoms with van der Waals surface area (Å²) in [5.74, 6) is 0.